The van der Waals surface area contributed by atoms with Crippen LogP contribution in [0.25, 0.3) is 16.3 Å². The average molecular weight is 423 g/mol. The van der Waals surface area contributed by atoms with E-state index in [0.29, 0.717) is 37.0 Å². The molecular formula is C21H21N5O3S. The Morgan fingerprint density at radius 1 is 1.13 bits per heavy atom. The summed E-state index contributed by atoms with van der Waals surface area (Å²) in [6.45, 7) is 3.90. The van der Waals surface area contributed by atoms with Crippen molar-refractivity contribution in [1.82, 2.24) is 19.7 Å². The summed E-state index contributed by atoms with van der Waals surface area (Å²) >= 11 is 1.47. The smallest absolute Gasteiger partial charge is 0.254 e. The van der Waals surface area contributed by atoms with Gasteiger partial charge in [0.15, 0.2) is 5.13 Å². The summed E-state index contributed by atoms with van der Waals surface area (Å²) in [4.78, 5) is 31.5. The first-order valence-corrected chi connectivity index (χ1v) is 10.7. The van der Waals surface area contributed by atoms with E-state index in [2.05, 4.69) is 15.4 Å². The van der Waals surface area contributed by atoms with Crippen molar-refractivity contribution >= 4 is 28.3 Å². The van der Waals surface area contributed by atoms with Gasteiger partial charge in [-0.3, -0.25) is 9.59 Å². The third-order valence-electron chi connectivity index (χ3n) is 5.33. The van der Waals surface area contributed by atoms with Gasteiger partial charge in [-0.1, -0.05) is 11.3 Å². The lowest BCUT2D eigenvalue weighted by Gasteiger charge is -2.26. The molecule has 3 heterocycles. The topological polar surface area (TPSA) is 89.3 Å². The van der Waals surface area contributed by atoms with Crippen molar-refractivity contribution in [2.45, 2.75) is 19.8 Å². The van der Waals surface area contributed by atoms with E-state index in [1.54, 1.807) is 0 Å². The number of nitrogens with zero attached hydrogens (tertiary/aromatic N) is 4. The van der Waals surface area contributed by atoms with Crippen LogP contribution in [0.3, 0.4) is 0 Å². The van der Waals surface area contributed by atoms with Crippen molar-refractivity contribution in [2.24, 2.45) is 0 Å². The van der Waals surface area contributed by atoms with E-state index in [0.717, 1.165) is 40.4 Å². The number of morpholine rings is 1. The van der Waals surface area contributed by atoms with E-state index >= 15 is 0 Å². The molecule has 0 saturated carbocycles. The van der Waals surface area contributed by atoms with Gasteiger partial charge in [-0.05, 0) is 42.7 Å². The van der Waals surface area contributed by atoms with Gasteiger partial charge in [0.05, 0.1) is 41.4 Å². The first kappa shape index (κ1) is 19.0. The molecule has 3 aromatic rings. The summed E-state index contributed by atoms with van der Waals surface area (Å²) < 4.78 is 7.22. The molecule has 0 bridgehead atoms. The summed E-state index contributed by atoms with van der Waals surface area (Å²) in [6, 6.07) is 7.54. The van der Waals surface area contributed by atoms with Crippen LogP contribution in [0.2, 0.25) is 0 Å². The zero-order chi connectivity index (χ0) is 20.7. The molecule has 1 saturated heterocycles. The van der Waals surface area contributed by atoms with E-state index in [1.807, 2.05) is 40.0 Å². The molecule has 1 aliphatic heterocycles. The Morgan fingerprint density at radius 3 is 2.63 bits per heavy atom. The fourth-order valence-corrected chi connectivity index (χ4v) is 4.98. The summed E-state index contributed by atoms with van der Waals surface area (Å²) in [5.74, 6) is -0.104. The number of carbonyl (C=O) groups excluding carboxylic acids is 2. The molecule has 1 aromatic carbocycles. The van der Waals surface area contributed by atoms with Crippen LogP contribution in [-0.4, -0.2) is 57.8 Å². The Labute approximate surface area is 177 Å². The summed E-state index contributed by atoms with van der Waals surface area (Å²) in [6.07, 6.45) is 3.58. The number of benzene rings is 1. The number of carbonyl (C=O) groups is 2. The number of nitrogens with one attached hydrogen (secondary N) is 1. The molecule has 5 rings (SSSR count). The molecule has 2 aliphatic rings. The molecule has 0 unspecified atom stereocenters. The zero-order valence-corrected chi connectivity index (χ0v) is 17.4. The molecule has 8 nitrogen and oxygen atoms in total. The fraction of sp³-hybridized carbons (Fsp3) is 0.333. The van der Waals surface area contributed by atoms with Crippen molar-refractivity contribution < 1.29 is 14.3 Å². The van der Waals surface area contributed by atoms with Crippen LogP contribution in [-0.2, 0) is 22.4 Å². The maximum Gasteiger partial charge on any atom is 0.254 e. The maximum atomic E-state index is 12.7. The largest absolute Gasteiger partial charge is 0.378 e. The number of aryl methyl sites for hydroxylation is 2. The Morgan fingerprint density at radius 2 is 1.90 bits per heavy atom. The fourth-order valence-electron chi connectivity index (χ4n) is 3.86. The molecule has 0 spiro atoms. The van der Waals surface area contributed by atoms with E-state index in [9.17, 15) is 9.59 Å². The van der Waals surface area contributed by atoms with Crippen LogP contribution >= 0.6 is 11.3 Å². The van der Waals surface area contributed by atoms with Gasteiger partial charge in [0.1, 0.15) is 0 Å². The van der Waals surface area contributed by atoms with Crippen LogP contribution < -0.4 is 5.32 Å². The van der Waals surface area contributed by atoms with Gasteiger partial charge in [0, 0.05) is 25.6 Å². The van der Waals surface area contributed by atoms with Crippen molar-refractivity contribution in [1.29, 1.82) is 0 Å². The van der Waals surface area contributed by atoms with Crippen LogP contribution in [0, 0.1) is 0 Å². The minimum Gasteiger partial charge on any atom is -0.378 e. The molecule has 1 aliphatic carbocycles. The lowest BCUT2D eigenvalue weighted by atomic mass is 10.0. The van der Waals surface area contributed by atoms with Gasteiger partial charge < -0.3 is 15.0 Å². The normalized spacial score (nSPS) is 15.4. The van der Waals surface area contributed by atoms with Crippen LogP contribution in [0.15, 0.2) is 30.5 Å². The predicted octanol–water partition coefficient (Wildman–Crippen LogP) is 2.53. The second kappa shape index (κ2) is 7.66. The molecule has 30 heavy (non-hydrogen) atoms. The molecule has 0 atom stereocenters. The number of rotatable bonds is 3. The first-order valence-electron chi connectivity index (χ1n) is 9.92. The van der Waals surface area contributed by atoms with Gasteiger partial charge in [0.2, 0.25) is 5.91 Å². The molecule has 154 valence electrons. The van der Waals surface area contributed by atoms with E-state index in [1.165, 1.54) is 18.3 Å². The maximum absolute atomic E-state index is 12.7. The molecule has 9 heteroatoms. The highest BCUT2D eigenvalue weighted by Gasteiger charge is 2.26. The van der Waals surface area contributed by atoms with Crippen molar-refractivity contribution in [3.8, 4) is 16.3 Å². The highest BCUT2D eigenvalue weighted by atomic mass is 32.1. The van der Waals surface area contributed by atoms with Gasteiger partial charge in [0.25, 0.3) is 5.91 Å². The minimum atomic E-state index is -0.129. The Bertz CT molecular complexity index is 1110. The molecule has 2 amide bonds. The number of aromatic nitrogens is 3. The second-order valence-corrected chi connectivity index (χ2v) is 8.36. The minimum absolute atomic E-state index is 0.0250. The van der Waals surface area contributed by atoms with Crippen molar-refractivity contribution in [3.05, 3.63) is 47.3 Å². The number of ether oxygens (including phenoxy) is 1. The van der Waals surface area contributed by atoms with Gasteiger partial charge in [-0.2, -0.15) is 5.10 Å². The third kappa shape index (κ3) is 3.40. The van der Waals surface area contributed by atoms with Crippen molar-refractivity contribution in [2.75, 3.05) is 31.6 Å². The van der Waals surface area contributed by atoms with E-state index < -0.39 is 0 Å². The molecule has 2 aromatic heterocycles. The van der Waals surface area contributed by atoms with E-state index in [4.69, 9.17) is 4.74 Å². The summed E-state index contributed by atoms with van der Waals surface area (Å²) in [5.41, 5.74) is 4.70. The lowest BCUT2D eigenvalue weighted by Crippen LogP contribution is -2.40. The summed E-state index contributed by atoms with van der Waals surface area (Å²) in [7, 11) is 0. The molecule has 1 N–H and O–H groups in total. The Balaban J connectivity index is 1.45. The number of hydrogen-bond acceptors (Lipinski definition) is 6. The summed E-state index contributed by atoms with van der Waals surface area (Å²) in [5, 5.41) is 7.99. The molecule has 1 fully saturated rings. The van der Waals surface area contributed by atoms with Crippen LogP contribution in [0.4, 0.5) is 5.13 Å². The van der Waals surface area contributed by atoms with Crippen LogP contribution in [0.5, 0.6) is 0 Å². The standard InChI is InChI=1S/C21H21N5O3S/c1-13(27)23-21-24-17-7-4-15-12-22-26(18(15)19(17)30-21)16-5-2-14(3-6-16)20(28)25-8-10-29-11-9-25/h2-3,5-6,12H,4,7-11H2,1H3,(H,23,24,27). The number of amides is 2. The first-order chi connectivity index (χ1) is 14.6. The monoisotopic (exact) mass is 423 g/mol. The number of anilines is 1. The predicted molar refractivity (Wildman–Crippen MR) is 113 cm³/mol. The number of thiazole rings is 1. The number of fused-ring (bicyclic) bond motifs is 3. The Kier molecular flexibility index (Phi) is 4.84. The third-order valence-corrected chi connectivity index (χ3v) is 6.35. The van der Waals surface area contributed by atoms with Crippen LogP contribution in [0.1, 0.15) is 28.5 Å². The van der Waals surface area contributed by atoms with E-state index in [-0.39, 0.29) is 11.8 Å². The zero-order valence-electron chi connectivity index (χ0n) is 16.6. The Hall–Kier alpha value is -3.04. The molecular weight excluding hydrogens is 402 g/mol. The van der Waals surface area contributed by atoms with Gasteiger partial charge in [-0.15, -0.1) is 0 Å². The SMILES string of the molecule is CC(=O)Nc1nc2c(s1)-c1c(cnn1-c1ccc(C(=O)N3CCOCC3)cc1)CC2. The average Bonchev–Trinajstić information content (AvgIpc) is 3.37. The molecule has 0 radical (unpaired) electrons. The number of hydrogen-bond donors (Lipinski definition) is 1. The van der Waals surface area contributed by atoms with Gasteiger partial charge in [-0.25, -0.2) is 9.67 Å². The van der Waals surface area contributed by atoms with Gasteiger partial charge >= 0.3 is 0 Å². The lowest BCUT2D eigenvalue weighted by molar-refractivity contribution is -0.114. The quantitative estimate of drug-likeness (QED) is 0.699. The highest BCUT2D eigenvalue weighted by Crippen LogP contribution is 2.40. The van der Waals surface area contributed by atoms with Crippen molar-refractivity contribution in [3.63, 3.8) is 0 Å². The highest BCUT2D eigenvalue weighted by molar-refractivity contribution is 7.19. The second-order valence-electron chi connectivity index (χ2n) is 7.36.